The number of carbonyl (C=O) groups excluding carboxylic acids is 1. The van der Waals surface area contributed by atoms with Crippen molar-refractivity contribution >= 4 is 23.1 Å². The Balaban J connectivity index is 1.40. The molecule has 0 saturated carbocycles. The zero-order chi connectivity index (χ0) is 21.6. The number of anilines is 3. The molecule has 8 heteroatoms. The minimum absolute atomic E-state index is 0.110. The largest absolute Gasteiger partial charge is 0.496 e. The SMILES string of the molecule is COc1ccccc1CC(=O)Nc1ccc(Nc2cc(-n3ccnc3C)ncn2)cc1. The van der Waals surface area contributed by atoms with Gasteiger partial charge in [-0.25, -0.2) is 15.0 Å². The van der Waals surface area contributed by atoms with E-state index in [-0.39, 0.29) is 12.3 Å². The van der Waals surface area contributed by atoms with Crippen molar-refractivity contribution in [1.82, 2.24) is 19.5 Å². The second-order valence-electron chi connectivity index (χ2n) is 6.85. The molecule has 2 heterocycles. The van der Waals surface area contributed by atoms with Crippen molar-refractivity contribution in [1.29, 1.82) is 0 Å². The first-order chi connectivity index (χ1) is 15.1. The Hall–Kier alpha value is -4.20. The third-order valence-corrected chi connectivity index (χ3v) is 4.71. The van der Waals surface area contributed by atoms with Crippen LogP contribution in [0.15, 0.2) is 73.3 Å². The summed E-state index contributed by atoms with van der Waals surface area (Å²) in [6.07, 6.45) is 5.32. The van der Waals surface area contributed by atoms with E-state index in [4.69, 9.17) is 4.74 Å². The summed E-state index contributed by atoms with van der Waals surface area (Å²) in [6.45, 7) is 1.91. The maximum absolute atomic E-state index is 12.4. The number of hydrogen-bond acceptors (Lipinski definition) is 6. The molecule has 31 heavy (non-hydrogen) atoms. The summed E-state index contributed by atoms with van der Waals surface area (Å²) in [5.41, 5.74) is 2.39. The zero-order valence-electron chi connectivity index (χ0n) is 17.2. The van der Waals surface area contributed by atoms with E-state index >= 15 is 0 Å². The highest BCUT2D eigenvalue weighted by Gasteiger charge is 2.09. The molecule has 2 N–H and O–H groups in total. The first-order valence-electron chi connectivity index (χ1n) is 9.73. The van der Waals surface area contributed by atoms with Crippen molar-refractivity contribution in [3.8, 4) is 11.6 Å². The smallest absolute Gasteiger partial charge is 0.228 e. The van der Waals surface area contributed by atoms with Crippen molar-refractivity contribution in [2.24, 2.45) is 0 Å². The zero-order valence-corrected chi connectivity index (χ0v) is 17.2. The molecule has 0 fully saturated rings. The van der Waals surface area contributed by atoms with Crippen LogP contribution in [0.1, 0.15) is 11.4 Å². The van der Waals surface area contributed by atoms with Gasteiger partial charge in [0.15, 0.2) is 0 Å². The van der Waals surface area contributed by atoms with E-state index in [1.54, 1.807) is 13.3 Å². The Morgan fingerprint density at radius 3 is 2.55 bits per heavy atom. The molecule has 0 saturated heterocycles. The summed E-state index contributed by atoms with van der Waals surface area (Å²) in [5.74, 6) is 2.82. The second-order valence-corrected chi connectivity index (χ2v) is 6.85. The predicted octanol–water partition coefficient (Wildman–Crippen LogP) is 3.90. The Bertz CT molecular complexity index is 1190. The number of hydrogen-bond donors (Lipinski definition) is 2. The minimum Gasteiger partial charge on any atom is -0.496 e. The van der Waals surface area contributed by atoms with Crippen molar-refractivity contribution < 1.29 is 9.53 Å². The van der Waals surface area contributed by atoms with Crippen LogP contribution < -0.4 is 15.4 Å². The number of aryl methyl sites for hydroxylation is 1. The summed E-state index contributed by atoms with van der Waals surface area (Å²) in [6, 6.07) is 16.8. The van der Waals surface area contributed by atoms with Crippen LogP contribution in [0.25, 0.3) is 5.82 Å². The second kappa shape index (κ2) is 9.08. The molecule has 156 valence electrons. The Morgan fingerprint density at radius 1 is 1.03 bits per heavy atom. The minimum atomic E-state index is -0.110. The van der Waals surface area contributed by atoms with Crippen LogP contribution in [0.5, 0.6) is 5.75 Å². The van der Waals surface area contributed by atoms with Crippen LogP contribution >= 0.6 is 0 Å². The Kier molecular flexibility index (Phi) is 5.89. The first kappa shape index (κ1) is 20.1. The van der Waals surface area contributed by atoms with E-state index in [1.165, 1.54) is 6.33 Å². The van der Waals surface area contributed by atoms with Crippen LogP contribution in [0, 0.1) is 6.92 Å². The molecule has 0 aliphatic carbocycles. The fraction of sp³-hybridized carbons (Fsp3) is 0.130. The third-order valence-electron chi connectivity index (χ3n) is 4.71. The van der Waals surface area contributed by atoms with E-state index in [1.807, 2.05) is 72.3 Å². The van der Waals surface area contributed by atoms with Crippen LogP contribution in [-0.2, 0) is 11.2 Å². The van der Waals surface area contributed by atoms with E-state index < -0.39 is 0 Å². The van der Waals surface area contributed by atoms with Crippen molar-refractivity contribution in [3.63, 3.8) is 0 Å². The summed E-state index contributed by atoms with van der Waals surface area (Å²) in [4.78, 5) is 25.2. The monoisotopic (exact) mass is 414 g/mol. The van der Waals surface area contributed by atoms with Crippen LogP contribution in [0.4, 0.5) is 17.2 Å². The van der Waals surface area contributed by atoms with E-state index in [0.29, 0.717) is 17.3 Å². The molecule has 8 nitrogen and oxygen atoms in total. The maximum Gasteiger partial charge on any atom is 0.228 e. The molecule has 0 atom stereocenters. The number of carbonyl (C=O) groups is 1. The molecule has 0 aliphatic rings. The third kappa shape index (κ3) is 4.87. The number of rotatable bonds is 7. The molecule has 2 aromatic heterocycles. The van der Waals surface area contributed by atoms with Gasteiger partial charge in [0, 0.05) is 35.4 Å². The van der Waals surface area contributed by atoms with Crippen LogP contribution in [-0.4, -0.2) is 32.5 Å². The fourth-order valence-electron chi connectivity index (χ4n) is 3.18. The number of nitrogens with zero attached hydrogens (tertiary/aromatic N) is 4. The number of ether oxygens (including phenoxy) is 1. The lowest BCUT2D eigenvalue weighted by atomic mass is 10.1. The van der Waals surface area contributed by atoms with Crippen molar-refractivity contribution in [2.45, 2.75) is 13.3 Å². The number of aromatic nitrogens is 4. The molecule has 0 unspecified atom stereocenters. The van der Waals surface area contributed by atoms with E-state index in [0.717, 1.165) is 22.9 Å². The summed E-state index contributed by atoms with van der Waals surface area (Å²) in [7, 11) is 1.60. The van der Waals surface area contributed by atoms with Gasteiger partial charge in [0.05, 0.1) is 13.5 Å². The van der Waals surface area contributed by atoms with Gasteiger partial charge in [-0.2, -0.15) is 0 Å². The van der Waals surface area contributed by atoms with Gasteiger partial charge in [0.2, 0.25) is 5.91 Å². The quantitative estimate of drug-likeness (QED) is 0.476. The molecular weight excluding hydrogens is 392 g/mol. The average Bonchev–Trinajstić information content (AvgIpc) is 3.21. The number of amides is 1. The standard InChI is InChI=1S/C23H22N6O2/c1-16-24-11-12-29(16)22-14-21(25-15-26-22)27-18-7-9-19(10-8-18)28-23(30)13-17-5-3-4-6-20(17)31-2/h3-12,14-15H,13H2,1-2H3,(H,28,30)(H,25,26,27). The van der Waals surface area contributed by atoms with Gasteiger partial charge in [-0.3, -0.25) is 9.36 Å². The van der Waals surface area contributed by atoms with Crippen LogP contribution in [0.2, 0.25) is 0 Å². The van der Waals surface area contributed by atoms with Gasteiger partial charge in [-0.1, -0.05) is 18.2 Å². The first-order valence-corrected chi connectivity index (χ1v) is 9.73. The molecule has 0 bridgehead atoms. The molecule has 0 aliphatic heterocycles. The Morgan fingerprint density at radius 2 is 1.81 bits per heavy atom. The highest BCUT2D eigenvalue weighted by Crippen LogP contribution is 2.21. The maximum atomic E-state index is 12.4. The lowest BCUT2D eigenvalue weighted by Crippen LogP contribution is -2.14. The summed E-state index contributed by atoms with van der Waals surface area (Å²) in [5, 5.41) is 6.16. The summed E-state index contributed by atoms with van der Waals surface area (Å²) < 4.78 is 7.19. The number of imidazole rings is 1. The topological polar surface area (TPSA) is 94.0 Å². The normalized spacial score (nSPS) is 10.5. The lowest BCUT2D eigenvalue weighted by molar-refractivity contribution is -0.115. The van der Waals surface area contributed by atoms with Crippen molar-refractivity contribution in [3.05, 3.63) is 84.7 Å². The Labute approximate surface area is 180 Å². The van der Waals surface area contributed by atoms with Crippen LogP contribution in [0.3, 0.4) is 0 Å². The summed E-state index contributed by atoms with van der Waals surface area (Å²) >= 11 is 0. The van der Waals surface area contributed by atoms with Gasteiger partial charge in [0.1, 0.15) is 29.5 Å². The van der Waals surface area contributed by atoms with Crippen molar-refractivity contribution in [2.75, 3.05) is 17.7 Å². The molecule has 4 rings (SSSR count). The lowest BCUT2D eigenvalue weighted by Gasteiger charge is -2.11. The van der Waals surface area contributed by atoms with Gasteiger partial charge in [-0.15, -0.1) is 0 Å². The highest BCUT2D eigenvalue weighted by molar-refractivity contribution is 5.92. The van der Waals surface area contributed by atoms with Gasteiger partial charge in [-0.05, 0) is 37.3 Å². The van der Waals surface area contributed by atoms with E-state index in [9.17, 15) is 4.79 Å². The number of methoxy groups -OCH3 is 1. The molecular formula is C23H22N6O2. The molecule has 0 radical (unpaired) electrons. The average molecular weight is 414 g/mol. The molecule has 1 amide bonds. The molecule has 0 spiro atoms. The highest BCUT2D eigenvalue weighted by atomic mass is 16.5. The number of nitrogens with one attached hydrogen (secondary N) is 2. The van der Waals surface area contributed by atoms with Gasteiger partial charge >= 0.3 is 0 Å². The number of para-hydroxylation sites is 1. The fourth-order valence-corrected chi connectivity index (χ4v) is 3.18. The van der Waals surface area contributed by atoms with E-state index in [2.05, 4.69) is 25.6 Å². The molecule has 2 aromatic carbocycles. The van der Waals surface area contributed by atoms with Gasteiger partial charge in [0.25, 0.3) is 0 Å². The predicted molar refractivity (Wildman–Crippen MR) is 119 cm³/mol. The molecule has 4 aromatic rings. The van der Waals surface area contributed by atoms with Gasteiger partial charge < -0.3 is 15.4 Å². The number of benzene rings is 2.